The summed E-state index contributed by atoms with van der Waals surface area (Å²) in [6.45, 7) is 5.80. The Morgan fingerprint density at radius 1 is 1.26 bits per heavy atom. The standard InChI is InChI=1S/C14H19N5/c1-3-19(10-12-7-5-4-6-8-12)13-11(2)9-16-14(17-13)18-15/h4-9H,3,10,15H2,1-2H3,(H,16,17,18). The van der Waals surface area contributed by atoms with Crippen molar-refractivity contribution in [3.8, 4) is 0 Å². The van der Waals surface area contributed by atoms with Gasteiger partial charge in [0.25, 0.3) is 0 Å². The summed E-state index contributed by atoms with van der Waals surface area (Å²) in [5, 5.41) is 0. The summed E-state index contributed by atoms with van der Waals surface area (Å²) < 4.78 is 0. The Morgan fingerprint density at radius 2 is 2.00 bits per heavy atom. The van der Waals surface area contributed by atoms with E-state index in [-0.39, 0.29) is 0 Å². The molecule has 0 spiro atoms. The number of hydrogen-bond donors (Lipinski definition) is 2. The number of nitrogens with two attached hydrogens (primary N) is 1. The summed E-state index contributed by atoms with van der Waals surface area (Å²) in [5.74, 6) is 6.72. The molecule has 0 aliphatic heterocycles. The van der Waals surface area contributed by atoms with Gasteiger partial charge in [0.15, 0.2) is 0 Å². The number of anilines is 2. The molecule has 1 aromatic carbocycles. The second-order valence-corrected chi connectivity index (χ2v) is 4.34. The third-order valence-corrected chi connectivity index (χ3v) is 2.97. The van der Waals surface area contributed by atoms with Crippen molar-refractivity contribution in [1.82, 2.24) is 9.97 Å². The van der Waals surface area contributed by atoms with Crippen molar-refractivity contribution in [3.63, 3.8) is 0 Å². The van der Waals surface area contributed by atoms with Crippen LogP contribution in [0.25, 0.3) is 0 Å². The first-order valence-electron chi connectivity index (χ1n) is 6.33. The largest absolute Gasteiger partial charge is 0.352 e. The highest BCUT2D eigenvalue weighted by molar-refractivity contribution is 5.49. The molecule has 1 aromatic heterocycles. The number of nitrogens with zero attached hydrogens (tertiary/aromatic N) is 3. The van der Waals surface area contributed by atoms with Gasteiger partial charge in [-0.05, 0) is 19.4 Å². The van der Waals surface area contributed by atoms with E-state index < -0.39 is 0 Å². The highest BCUT2D eigenvalue weighted by Gasteiger charge is 2.11. The van der Waals surface area contributed by atoms with Crippen molar-refractivity contribution in [2.75, 3.05) is 16.9 Å². The van der Waals surface area contributed by atoms with E-state index in [4.69, 9.17) is 5.84 Å². The van der Waals surface area contributed by atoms with E-state index in [1.165, 1.54) is 5.56 Å². The number of benzene rings is 1. The fourth-order valence-electron chi connectivity index (χ4n) is 1.96. The van der Waals surface area contributed by atoms with Crippen LogP contribution in [0.15, 0.2) is 36.5 Å². The van der Waals surface area contributed by atoms with Crippen LogP contribution >= 0.6 is 0 Å². The van der Waals surface area contributed by atoms with Gasteiger partial charge in [0.05, 0.1) is 0 Å². The second-order valence-electron chi connectivity index (χ2n) is 4.34. The molecule has 0 unspecified atom stereocenters. The number of aryl methyl sites for hydroxylation is 1. The van der Waals surface area contributed by atoms with Crippen LogP contribution in [0.2, 0.25) is 0 Å². The number of rotatable bonds is 5. The normalized spacial score (nSPS) is 10.3. The van der Waals surface area contributed by atoms with Gasteiger partial charge in [-0.1, -0.05) is 30.3 Å². The molecule has 100 valence electrons. The molecular formula is C14H19N5. The number of hydrogen-bond acceptors (Lipinski definition) is 5. The SMILES string of the molecule is CCN(Cc1ccccc1)c1nc(NN)ncc1C. The quantitative estimate of drug-likeness (QED) is 0.634. The maximum atomic E-state index is 5.37. The average Bonchev–Trinajstić information content (AvgIpc) is 2.47. The summed E-state index contributed by atoms with van der Waals surface area (Å²) in [5.41, 5.74) is 4.78. The third-order valence-electron chi connectivity index (χ3n) is 2.97. The molecule has 2 aromatic rings. The number of aromatic nitrogens is 2. The molecule has 0 radical (unpaired) electrons. The van der Waals surface area contributed by atoms with Crippen molar-refractivity contribution in [3.05, 3.63) is 47.7 Å². The van der Waals surface area contributed by atoms with Gasteiger partial charge in [0, 0.05) is 24.8 Å². The first kappa shape index (κ1) is 13.3. The maximum absolute atomic E-state index is 5.37. The Labute approximate surface area is 113 Å². The molecule has 0 aliphatic rings. The molecule has 3 N–H and O–H groups in total. The number of hydrazine groups is 1. The molecule has 0 atom stereocenters. The van der Waals surface area contributed by atoms with Crippen LogP contribution in [0, 0.1) is 6.92 Å². The van der Waals surface area contributed by atoms with E-state index in [2.05, 4.69) is 39.4 Å². The van der Waals surface area contributed by atoms with Crippen LogP contribution in [0.1, 0.15) is 18.1 Å². The first-order valence-corrected chi connectivity index (χ1v) is 6.33. The van der Waals surface area contributed by atoms with E-state index in [1.807, 2.05) is 25.1 Å². The number of nitrogens with one attached hydrogen (secondary N) is 1. The zero-order chi connectivity index (χ0) is 13.7. The van der Waals surface area contributed by atoms with E-state index in [0.29, 0.717) is 5.95 Å². The summed E-state index contributed by atoms with van der Waals surface area (Å²) in [4.78, 5) is 10.7. The van der Waals surface area contributed by atoms with Gasteiger partial charge in [0.1, 0.15) is 5.82 Å². The molecule has 19 heavy (non-hydrogen) atoms. The minimum atomic E-state index is 0.437. The molecule has 0 aliphatic carbocycles. The summed E-state index contributed by atoms with van der Waals surface area (Å²) >= 11 is 0. The molecule has 0 fully saturated rings. The highest BCUT2D eigenvalue weighted by atomic mass is 15.3. The smallest absolute Gasteiger partial charge is 0.239 e. The van der Waals surface area contributed by atoms with Crippen molar-refractivity contribution in [2.24, 2.45) is 5.84 Å². The van der Waals surface area contributed by atoms with Crippen molar-refractivity contribution in [1.29, 1.82) is 0 Å². The Bertz CT molecular complexity index is 527. The predicted octanol–water partition coefficient (Wildman–Crippen LogP) is 2.10. The van der Waals surface area contributed by atoms with Crippen molar-refractivity contribution >= 4 is 11.8 Å². The predicted molar refractivity (Wildman–Crippen MR) is 77.7 cm³/mol. The molecule has 2 rings (SSSR count). The molecule has 0 saturated carbocycles. The third kappa shape index (κ3) is 3.20. The topological polar surface area (TPSA) is 67.1 Å². The lowest BCUT2D eigenvalue weighted by atomic mass is 10.2. The van der Waals surface area contributed by atoms with Gasteiger partial charge in [0.2, 0.25) is 5.95 Å². The van der Waals surface area contributed by atoms with Gasteiger partial charge in [-0.15, -0.1) is 0 Å². The van der Waals surface area contributed by atoms with Crippen LogP contribution in [0.4, 0.5) is 11.8 Å². The Kier molecular flexibility index (Phi) is 4.30. The molecule has 0 amide bonds. The van der Waals surface area contributed by atoms with Crippen LogP contribution in [0.3, 0.4) is 0 Å². The van der Waals surface area contributed by atoms with Crippen molar-refractivity contribution in [2.45, 2.75) is 20.4 Å². The van der Waals surface area contributed by atoms with E-state index in [9.17, 15) is 0 Å². The monoisotopic (exact) mass is 257 g/mol. The van der Waals surface area contributed by atoms with Gasteiger partial charge < -0.3 is 4.90 Å². The lowest BCUT2D eigenvalue weighted by Crippen LogP contribution is -2.25. The van der Waals surface area contributed by atoms with Crippen molar-refractivity contribution < 1.29 is 0 Å². The van der Waals surface area contributed by atoms with E-state index in [1.54, 1.807) is 6.20 Å². The Morgan fingerprint density at radius 3 is 2.63 bits per heavy atom. The second kappa shape index (κ2) is 6.15. The number of nitrogen functional groups attached to an aromatic ring is 1. The molecule has 0 saturated heterocycles. The van der Waals surface area contributed by atoms with Gasteiger partial charge in [-0.2, -0.15) is 4.98 Å². The van der Waals surface area contributed by atoms with Crippen LogP contribution in [0.5, 0.6) is 0 Å². The molecule has 5 heteroatoms. The zero-order valence-corrected chi connectivity index (χ0v) is 11.3. The zero-order valence-electron chi connectivity index (χ0n) is 11.3. The Balaban J connectivity index is 2.26. The summed E-state index contributed by atoms with van der Waals surface area (Å²) in [7, 11) is 0. The minimum absolute atomic E-state index is 0.437. The van der Waals surface area contributed by atoms with Crippen LogP contribution in [-0.4, -0.2) is 16.5 Å². The fourth-order valence-corrected chi connectivity index (χ4v) is 1.96. The lowest BCUT2D eigenvalue weighted by molar-refractivity contribution is 0.805. The molecular weight excluding hydrogens is 238 g/mol. The molecule has 5 nitrogen and oxygen atoms in total. The average molecular weight is 257 g/mol. The Hall–Kier alpha value is -2.14. The van der Waals surface area contributed by atoms with Crippen LogP contribution < -0.4 is 16.2 Å². The van der Waals surface area contributed by atoms with Crippen LogP contribution in [-0.2, 0) is 6.54 Å². The molecule has 1 heterocycles. The lowest BCUT2D eigenvalue weighted by Gasteiger charge is -2.24. The van der Waals surface area contributed by atoms with E-state index >= 15 is 0 Å². The fraction of sp³-hybridized carbons (Fsp3) is 0.286. The first-order chi connectivity index (χ1) is 9.24. The highest BCUT2D eigenvalue weighted by Crippen LogP contribution is 2.19. The maximum Gasteiger partial charge on any atom is 0.239 e. The minimum Gasteiger partial charge on any atom is -0.352 e. The molecule has 0 bridgehead atoms. The summed E-state index contributed by atoms with van der Waals surface area (Å²) in [6, 6.07) is 10.3. The van der Waals surface area contributed by atoms with Gasteiger partial charge >= 0.3 is 0 Å². The summed E-state index contributed by atoms with van der Waals surface area (Å²) in [6.07, 6.45) is 1.78. The van der Waals surface area contributed by atoms with Gasteiger partial charge in [-0.3, -0.25) is 5.43 Å². The van der Waals surface area contributed by atoms with E-state index in [0.717, 1.165) is 24.5 Å². The van der Waals surface area contributed by atoms with Gasteiger partial charge in [-0.25, -0.2) is 10.8 Å².